The number of rotatable bonds is 2. The van der Waals surface area contributed by atoms with Gasteiger partial charge in [0.1, 0.15) is 0 Å². The highest BCUT2D eigenvalue weighted by molar-refractivity contribution is 6.62. The van der Waals surface area contributed by atoms with E-state index < -0.39 is 47.3 Å². The van der Waals surface area contributed by atoms with Gasteiger partial charge in [-0.3, -0.25) is 0 Å². The normalized spacial score (nSPS) is 21.2. The van der Waals surface area contributed by atoms with Crippen molar-refractivity contribution < 1.29 is 40.9 Å². The van der Waals surface area contributed by atoms with Crippen LogP contribution in [0.3, 0.4) is 0 Å². The highest BCUT2D eigenvalue weighted by Gasteiger charge is 2.45. The van der Waals surface area contributed by atoms with Crippen LogP contribution in [-0.4, -0.2) is 24.8 Å². The SMILES string of the molecule is CC1(C)OB(O)c2ccc(C3=NOC(F)(c4cc(Cl)c(C(F)(F)F)c(Cl)c4)C3)cc21.FCF. The predicted octanol–water partition coefficient (Wildman–Crippen LogP) is 5.79. The third-order valence-corrected chi connectivity index (χ3v) is 5.76. The van der Waals surface area contributed by atoms with E-state index in [0.29, 0.717) is 16.6 Å². The molecule has 4 nitrogen and oxygen atoms in total. The largest absolute Gasteiger partial charge is 0.492 e. The molecule has 2 heterocycles. The Kier molecular flexibility index (Phi) is 7.01. The lowest BCUT2D eigenvalue weighted by molar-refractivity contribution is -0.138. The number of halogens is 8. The van der Waals surface area contributed by atoms with Gasteiger partial charge in [0.2, 0.25) is 6.93 Å². The summed E-state index contributed by atoms with van der Waals surface area (Å²) in [5.74, 6) is -2.53. The van der Waals surface area contributed by atoms with Gasteiger partial charge in [0, 0.05) is 5.56 Å². The second-order valence-corrected chi connectivity index (χ2v) is 8.55. The molecular weight excluding hydrogens is 498 g/mol. The highest BCUT2D eigenvalue weighted by atomic mass is 35.5. The van der Waals surface area contributed by atoms with Crippen molar-refractivity contribution >= 4 is 41.5 Å². The standard InChI is InChI=1S/C19H14BCl2F4NO3.CH2F2/c1-17(2)11-5-9(3-4-12(11)20(28)29-17)15-8-18(23,30-27-15)10-6-13(21)16(14(22)7-10)19(24,25)26;2-1-3/h3-7,28H,8H2,1-2H3;1H2. The number of fused-ring (bicyclic) bond motifs is 1. The average Bonchev–Trinajstić information content (AvgIpc) is 3.19. The van der Waals surface area contributed by atoms with E-state index in [1.807, 2.05) is 0 Å². The summed E-state index contributed by atoms with van der Waals surface area (Å²) in [7, 11) is -1.07. The predicted molar refractivity (Wildman–Crippen MR) is 112 cm³/mol. The van der Waals surface area contributed by atoms with Gasteiger partial charge in [0.15, 0.2) is 0 Å². The summed E-state index contributed by atoms with van der Waals surface area (Å²) >= 11 is 11.4. The lowest BCUT2D eigenvalue weighted by Gasteiger charge is -2.21. The van der Waals surface area contributed by atoms with Gasteiger partial charge in [0.05, 0.1) is 33.3 Å². The molecule has 0 aromatic heterocycles. The molecule has 0 fully saturated rings. The first kappa shape index (κ1) is 25.7. The summed E-state index contributed by atoms with van der Waals surface area (Å²) < 4.78 is 79.4. The Labute approximate surface area is 195 Å². The van der Waals surface area contributed by atoms with Crippen molar-refractivity contribution in [1.82, 2.24) is 0 Å². The van der Waals surface area contributed by atoms with Crippen molar-refractivity contribution in [2.24, 2.45) is 5.16 Å². The number of hydrogen-bond acceptors (Lipinski definition) is 4. The van der Waals surface area contributed by atoms with Crippen molar-refractivity contribution in [3.8, 4) is 0 Å². The zero-order valence-corrected chi connectivity index (χ0v) is 18.6. The number of alkyl halides is 6. The van der Waals surface area contributed by atoms with Crippen LogP contribution in [0, 0.1) is 0 Å². The molecule has 13 heteroatoms. The Balaban J connectivity index is 0.000000968. The molecular formula is C20H16BCl2F6NO3. The molecule has 0 spiro atoms. The van der Waals surface area contributed by atoms with E-state index in [1.54, 1.807) is 32.0 Å². The first-order chi connectivity index (χ1) is 15.2. The van der Waals surface area contributed by atoms with Gasteiger partial charge < -0.3 is 14.5 Å². The monoisotopic (exact) mass is 513 g/mol. The van der Waals surface area contributed by atoms with Crippen molar-refractivity contribution in [3.05, 3.63) is 62.6 Å². The van der Waals surface area contributed by atoms with Crippen LogP contribution >= 0.6 is 23.2 Å². The van der Waals surface area contributed by atoms with Crippen LogP contribution in [0.4, 0.5) is 26.3 Å². The molecule has 0 bridgehead atoms. The Morgan fingerprint density at radius 3 is 2.24 bits per heavy atom. The summed E-state index contributed by atoms with van der Waals surface area (Å²) in [4.78, 5) is 4.96. The maximum absolute atomic E-state index is 15.5. The second kappa shape index (κ2) is 9.01. The minimum Gasteiger partial charge on any atom is -0.423 e. The Bertz CT molecular complexity index is 1070. The molecule has 2 aromatic rings. The van der Waals surface area contributed by atoms with Gasteiger partial charge >= 0.3 is 19.1 Å². The number of oxime groups is 1. The topological polar surface area (TPSA) is 51.0 Å². The van der Waals surface area contributed by atoms with Gasteiger partial charge in [-0.1, -0.05) is 40.5 Å². The lowest BCUT2D eigenvalue weighted by Crippen LogP contribution is -2.28. The van der Waals surface area contributed by atoms with Crippen molar-refractivity contribution in [2.45, 2.75) is 37.9 Å². The van der Waals surface area contributed by atoms with E-state index in [2.05, 4.69) is 5.16 Å². The Hall–Kier alpha value is -1.95. The molecule has 0 saturated heterocycles. The third kappa shape index (κ3) is 4.96. The van der Waals surface area contributed by atoms with Crippen LogP contribution in [0.2, 0.25) is 10.0 Å². The molecule has 0 radical (unpaired) electrons. The molecule has 2 aliphatic heterocycles. The summed E-state index contributed by atoms with van der Waals surface area (Å²) in [6.45, 7) is 1.81. The summed E-state index contributed by atoms with van der Waals surface area (Å²) in [5.41, 5.74) is -0.191. The Morgan fingerprint density at radius 2 is 1.70 bits per heavy atom. The smallest absolute Gasteiger partial charge is 0.423 e. The molecule has 2 aromatic carbocycles. The van der Waals surface area contributed by atoms with E-state index >= 15 is 4.39 Å². The number of benzene rings is 2. The third-order valence-electron chi connectivity index (χ3n) is 5.16. The fourth-order valence-electron chi connectivity index (χ4n) is 3.65. The maximum Gasteiger partial charge on any atom is 0.492 e. The minimum atomic E-state index is -4.78. The van der Waals surface area contributed by atoms with E-state index in [0.717, 1.165) is 12.1 Å². The number of nitrogens with zero attached hydrogens (tertiary/aromatic N) is 1. The van der Waals surface area contributed by atoms with Crippen LogP contribution in [0.15, 0.2) is 35.5 Å². The molecule has 1 atom stereocenters. The summed E-state index contributed by atoms with van der Waals surface area (Å²) in [5, 5.41) is 12.3. The van der Waals surface area contributed by atoms with Crippen LogP contribution < -0.4 is 5.46 Å². The first-order valence-electron chi connectivity index (χ1n) is 9.37. The van der Waals surface area contributed by atoms with Crippen molar-refractivity contribution in [1.29, 1.82) is 0 Å². The zero-order chi connectivity index (χ0) is 24.8. The van der Waals surface area contributed by atoms with E-state index in [9.17, 15) is 27.0 Å². The van der Waals surface area contributed by atoms with Gasteiger partial charge in [-0.2, -0.15) is 17.6 Å². The molecule has 1 unspecified atom stereocenters. The fraction of sp³-hybridized carbons (Fsp3) is 0.350. The molecule has 0 amide bonds. The molecule has 0 saturated carbocycles. The van der Waals surface area contributed by atoms with Crippen LogP contribution in [0.5, 0.6) is 0 Å². The van der Waals surface area contributed by atoms with Crippen molar-refractivity contribution in [2.75, 3.05) is 6.93 Å². The molecule has 178 valence electrons. The van der Waals surface area contributed by atoms with Crippen LogP contribution in [0.1, 0.15) is 42.5 Å². The Morgan fingerprint density at radius 1 is 1.12 bits per heavy atom. The zero-order valence-electron chi connectivity index (χ0n) is 17.1. The molecule has 33 heavy (non-hydrogen) atoms. The van der Waals surface area contributed by atoms with Crippen molar-refractivity contribution in [3.63, 3.8) is 0 Å². The minimum absolute atomic E-state index is 0.240. The van der Waals surface area contributed by atoms with Crippen LogP contribution in [0.25, 0.3) is 0 Å². The van der Waals surface area contributed by atoms with Gasteiger partial charge in [0.25, 0.3) is 0 Å². The highest BCUT2D eigenvalue weighted by Crippen LogP contribution is 2.45. The van der Waals surface area contributed by atoms with Gasteiger partial charge in [-0.15, -0.1) is 0 Å². The molecule has 1 N–H and O–H groups in total. The second-order valence-electron chi connectivity index (χ2n) is 7.73. The summed E-state index contributed by atoms with van der Waals surface area (Å²) in [6, 6.07) is 6.67. The summed E-state index contributed by atoms with van der Waals surface area (Å²) in [6.07, 6.45) is -5.15. The maximum atomic E-state index is 15.5. The molecule has 0 aliphatic carbocycles. The first-order valence-corrected chi connectivity index (χ1v) is 10.1. The quantitative estimate of drug-likeness (QED) is 0.408. The van der Waals surface area contributed by atoms with Gasteiger partial charge in [-0.25, -0.2) is 8.78 Å². The molecule has 4 rings (SSSR count). The van der Waals surface area contributed by atoms with E-state index in [-0.39, 0.29) is 17.7 Å². The average molecular weight is 514 g/mol. The lowest BCUT2D eigenvalue weighted by atomic mass is 9.77. The fourth-order valence-corrected chi connectivity index (χ4v) is 4.36. The van der Waals surface area contributed by atoms with Crippen LogP contribution in [-0.2, 0) is 27.1 Å². The van der Waals surface area contributed by atoms with E-state index in [4.69, 9.17) is 32.7 Å². The number of hydrogen-bond donors (Lipinski definition) is 1. The van der Waals surface area contributed by atoms with E-state index in [1.165, 1.54) is 0 Å². The van der Waals surface area contributed by atoms with Gasteiger partial charge in [-0.05, 0) is 48.6 Å². The molecule has 2 aliphatic rings.